The molecule has 0 spiro atoms. The van der Waals surface area contributed by atoms with Crippen molar-refractivity contribution in [1.82, 2.24) is 0 Å². The quantitative estimate of drug-likeness (QED) is 0.866. The van der Waals surface area contributed by atoms with Crippen LogP contribution in [0.2, 0.25) is 0 Å². The Kier molecular flexibility index (Phi) is 4.43. The summed E-state index contributed by atoms with van der Waals surface area (Å²) in [4.78, 5) is 2.10. The Morgan fingerprint density at radius 1 is 1.16 bits per heavy atom. The summed E-state index contributed by atoms with van der Waals surface area (Å²) in [7, 11) is 2.00. The second kappa shape index (κ2) is 6.06. The van der Waals surface area contributed by atoms with E-state index in [0.717, 1.165) is 34.4 Å². The van der Waals surface area contributed by atoms with Crippen molar-refractivity contribution in [2.24, 2.45) is 0 Å². The van der Waals surface area contributed by atoms with Crippen LogP contribution in [0.5, 0.6) is 0 Å². The maximum absolute atomic E-state index is 12.8. The number of nitrogens with zero attached hydrogens (tertiary/aromatic N) is 1. The summed E-state index contributed by atoms with van der Waals surface area (Å²) in [6.45, 7) is 0.831. The van der Waals surface area contributed by atoms with Crippen molar-refractivity contribution in [2.45, 2.75) is 6.42 Å². The first-order valence-corrected chi connectivity index (χ1v) is 6.86. The largest absolute Gasteiger partial charge is 0.397 e. The average Bonchev–Trinajstić information content (AvgIpc) is 2.37. The van der Waals surface area contributed by atoms with Crippen molar-refractivity contribution in [2.75, 3.05) is 24.2 Å². The van der Waals surface area contributed by atoms with Crippen LogP contribution in [0.25, 0.3) is 0 Å². The molecule has 0 fully saturated rings. The van der Waals surface area contributed by atoms with Gasteiger partial charge in [0.2, 0.25) is 0 Å². The van der Waals surface area contributed by atoms with Crippen LogP contribution < -0.4 is 10.6 Å². The molecule has 2 aromatic carbocycles. The molecule has 0 saturated carbocycles. The summed E-state index contributed by atoms with van der Waals surface area (Å²) < 4.78 is 13.8. The van der Waals surface area contributed by atoms with Gasteiger partial charge in [-0.15, -0.1) is 0 Å². The second-order valence-corrected chi connectivity index (χ2v) is 5.42. The van der Waals surface area contributed by atoms with E-state index in [9.17, 15) is 4.39 Å². The highest BCUT2D eigenvalue weighted by Crippen LogP contribution is 2.25. The molecule has 0 atom stereocenters. The summed E-state index contributed by atoms with van der Waals surface area (Å²) in [5, 5.41) is 0. The molecular formula is C15H16BrFN2. The van der Waals surface area contributed by atoms with Gasteiger partial charge in [-0.1, -0.05) is 28.1 Å². The lowest BCUT2D eigenvalue weighted by Gasteiger charge is -2.21. The van der Waals surface area contributed by atoms with E-state index >= 15 is 0 Å². The minimum absolute atomic E-state index is 0.200. The standard InChI is InChI=1S/C15H16BrFN2/c1-19(15-7-4-12(16)10-14(15)18)9-8-11-2-5-13(17)6-3-11/h2-7,10H,8-9,18H2,1H3. The molecule has 0 saturated heterocycles. The molecule has 0 aliphatic rings. The minimum Gasteiger partial charge on any atom is -0.397 e. The van der Waals surface area contributed by atoms with E-state index < -0.39 is 0 Å². The molecule has 0 bridgehead atoms. The van der Waals surface area contributed by atoms with Gasteiger partial charge < -0.3 is 10.6 Å². The summed E-state index contributed by atoms with van der Waals surface area (Å²) in [6.07, 6.45) is 0.853. The average molecular weight is 323 g/mol. The first kappa shape index (κ1) is 13.9. The van der Waals surface area contributed by atoms with Crippen molar-refractivity contribution >= 4 is 27.3 Å². The fraction of sp³-hybridized carbons (Fsp3) is 0.200. The van der Waals surface area contributed by atoms with Crippen LogP contribution in [0.15, 0.2) is 46.9 Å². The Balaban J connectivity index is 2.01. The van der Waals surface area contributed by atoms with Crippen molar-refractivity contribution in [3.05, 3.63) is 58.3 Å². The van der Waals surface area contributed by atoms with Crippen molar-refractivity contribution in [1.29, 1.82) is 0 Å². The number of anilines is 2. The number of likely N-dealkylation sites (N-methyl/N-ethyl adjacent to an activating group) is 1. The topological polar surface area (TPSA) is 29.3 Å². The minimum atomic E-state index is -0.200. The van der Waals surface area contributed by atoms with Gasteiger partial charge in [0.05, 0.1) is 11.4 Å². The molecule has 0 radical (unpaired) electrons. The maximum atomic E-state index is 12.8. The van der Waals surface area contributed by atoms with E-state index in [1.165, 1.54) is 12.1 Å². The summed E-state index contributed by atoms with van der Waals surface area (Å²) in [5.41, 5.74) is 8.86. The molecule has 4 heteroatoms. The first-order chi connectivity index (χ1) is 9.06. The summed E-state index contributed by atoms with van der Waals surface area (Å²) in [6, 6.07) is 12.5. The Hall–Kier alpha value is -1.55. The van der Waals surface area contributed by atoms with Gasteiger partial charge in [0.15, 0.2) is 0 Å². The van der Waals surface area contributed by atoms with E-state index in [1.807, 2.05) is 37.4 Å². The number of hydrogen-bond donors (Lipinski definition) is 1. The molecule has 2 aromatic rings. The summed E-state index contributed by atoms with van der Waals surface area (Å²) in [5.74, 6) is -0.200. The molecule has 0 unspecified atom stereocenters. The fourth-order valence-electron chi connectivity index (χ4n) is 1.94. The zero-order valence-corrected chi connectivity index (χ0v) is 12.3. The Morgan fingerprint density at radius 3 is 2.47 bits per heavy atom. The SMILES string of the molecule is CN(CCc1ccc(F)cc1)c1ccc(Br)cc1N. The van der Waals surface area contributed by atoms with Crippen LogP contribution in [-0.2, 0) is 6.42 Å². The van der Waals surface area contributed by atoms with E-state index in [1.54, 1.807) is 0 Å². The van der Waals surface area contributed by atoms with Gasteiger partial charge in [-0.3, -0.25) is 0 Å². The van der Waals surface area contributed by atoms with Gasteiger partial charge >= 0.3 is 0 Å². The molecule has 2 rings (SSSR count). The molecule has 19 heavy (non-hydrogen) atoms. The fourth-order valence-corrected chi connectivity index (χ4v) is 2.32. The zero-order valence-electron chi connectivity index (χ0n) is 10.7. The van der Waals surface area contributed by atoms with Crippen LogP contribution in [0, 0.1) is 5.82 Å². The van der Waals surface area contributed by atoms with Crippen LogP contribution >= 0.6 is 15.9 Å². The lowest BCUT2D eigenvalue weighted by Crippen LogP contribution is -2.21. The monoisotopic (exact) mass is 322 g/mol. The molecule has 100 valence electrons. The van der Waals surface area contributed by atoms with Crippen LogP contribution in [0.3, 0.4) is 0 Å². The molecule has 0 aliphatic heterocycles. The first-order valence-electron chi connectivity index (χ1n) is 6.07. The molecule has 0 aliphatic carbocycles. The van der Waals surface area contributed by atoms with E-state index in [0.29, 0.717) is 0 Å². The van der Waals surface area contributed by atoms with Gasteiger partial charge in [-0.05, 0) is 42.3 Å². The number of hydrogen-bond acceptors (Lipinski definition) is 2. The predicted molar refractivity (Wildman–Crippen MR) is 81.9 cm³/mol. The van der Waals surface area contributed by atoms with Crippen LogP contribution in [0.1, 0.15) is 5.56 Å². The van der Waals surface area contributed by atoms with Crippen molar-refractivity contribution in [3.8, 4) is 0 Å². The van der Waals surface area contributed by atoms with Gasteiger partial charge in [0.1, 0.15) is 5.82 Å². The highest BCUT2D eigenvalue weighted by Gasteiger charge is 2.06. The molecule has 0 aromatic heterocycles. The Morgan fingerprint density at radius 2 is 1.84 bits per heavy atom. The van der Waals surface area contributed by atoms with Gasteiger partial charge in [0, 0.05) is 18.1 Å². The lowest BCUT2D eigenvalue weighted by atomic mass is 10.1. The van der Waals surface area contributed by atoms with E-state index in [-0.39, 0.29) is 5.82 Å². The third-order valence-corrected chi connectivity index (χ3v) is 3.54. The third-order valence-electron chi connectivity index (χ3n) is 3.05. The molecule has 2 nitrogen and oxygen atoms in total. The van der Waals surface area contributed by atoms with Gasteiger partial charge in [-0.25, -0.2) is 4.39 Å². The number of nitrogens with two attached hydrogens (primary N) is 1. The van der Waals surface area contributed by atoms with Crippen molar-refractivity contribution < 1.29 is 4.39 Å². The number of rotatable bonds is 4. The van der Waals surface area contributed by atoms with Crippen molar-refractivity contribution in [3.63, 3.8) is 0 Å². The zero-order chi connectivity index (χ0) is 13.8. The number of nitrogen functional groups attached to an aromatic ring is 1. The van der Waals surface area contributed by atoms with Gasteiger partial charge in [0.25, 0.3) is 0 Å². The van der Waals surface area contributed by atoms with E-state index in [4.69, 9.17) is 5.73 Å². The molecular weight excluding hydrogens is 307 g/mol. The second-order valence-electron chi connectivity index (χ2n) is 4.50. The molecule has 2 N–H and O–H groups in total. The molecule has 0 heterocycles. The normalized spacial score (nSPS) is 10.5. The highest BCUT2D eigenvalue weighted by atomic mass is 79.9. The molecule has 0 amide bonds. The Bertz CT molecular complexity index is 555. The summed E-state index contributed by atoms with van der Waals surface area (Å²) >= 11 is 3.39. The third kappa shape index (κ3) is 3.70. The number of halogens is 2. The Labute approximate surface area is 121 Å². The van der Waals surface area contributed by atoms with E-state index in [2.05, 4.69) is 20.8 Å². The maximum Gasteiger partial charge on any atom is 0.123 e. The lowest BCUT2D eigenvalue weighted by molar-refractivity contribution is 0.627. The van der Waals surface area contributed by atoms with Crippen LogP contribution in [0.4, 0.5) is 15.8 Å². The predicted octanol–water partition coefficient (Wildman–Crippen LogP) is 3.85. The number of benzene rings is 2. The smallest absolute Gasteiger partial charge is 0.123 e. The highest BCUT2D eigenvalue weighted by molar-refractivity contribution is 9.10. The van der Waals surface area contributed by atoms with Gasteiger partial charge in [-0.2, -0.15) is 0 Å². The van der Waals surface area contributed by atoms with Crippen LogP contribution in [-0.4, -0.2) is 13.6 Å².